The highest BCUT2D eigenvalue weighted by Crippen LogP contribution is 2.19. The molecule has 2 amide bonds. The van der Waals surface area contributed by atoms with E-state index in [2.05, 4.69) is 5.32 Å². The van der Waals surface area contributed by atoms with Crippen LogP contribution in [0.25, 0.3) is 0 Å². The van der Waals surface area contributed by atoms with E-state index in [1.165, 1.54) is 4.90 Å². The minimum Gasteiger partial charge on any atom is -0.481 e. The Morgan fingerprint density at radius 3 is 2.53 bits per heavy atom. The van der Waals surface area contributed by atoms with E-state index in [1.54, 1.807) is 19.2 Å². The average Bonchev–Trinajstić information content (AvgIpc) is 2.87. The zero-order valence-corrected chi connectivity index (χ0v) is 10.6. The van der Waals surface area contributed by atoms with E-state index in [0.717, 1.165) is 5.69 Å². The van der Waals surface area contributed by atoms with Crippen molar-refractivity contribution < 1.29 is 14.7 Å². The molecule has 5 nitrogen and oxygen atoms in total. The van der Waals surface area contributed by atoms with Crippen LogP contribution in [-0.2, 0) is 4.79 Å². The Balaban J connectivity index is 1.92. The van der Waals surface area contributed by atoms with Gasteiger partial charge in [-0.25, -0.2) is 4.79 Å². The van der Waals surface area contributed by atoms with E-state index < -0.39 is 11.9 Å². The van der Waals surface area contributed by atoms with E-state index in [-0.39, 0.29) is 12.1 Å². The first-order valence-electron chi connectivity index (χ1n) is 6.08. The fourth-order valence-electron chi connectivity index (χ4n) is 2.01. The van der Waals surface area contributed by atoms with Crippen LogP contribution in [0.3, 0.4) is 0 Å². The van der Waals surface area contributed by atoms with E-state index >= 15 is 0 Å². The van der Waals surface area contributed by atoms with Gasteiger partial charge >= 0.3 is 12.0 Å². The van der Waals surface area contributed by atoms with Gasteiger partial charge in [0.2, 0.25) is 0 Å². The number of hydrogen-bond donors (Lipinski definition) is 2. The molecule has 0 saturated heterocycles. The maximum atomic E-state index is 12.0. The van der Waals surface area contributed by atoms with Crippen molar-refractivity contribution >= 4 is 17.7 Å². The zero-order valence-electron chi connectivity index (χ0n) is 10.6. The Morgan fingerprint density at radius 1 is 1.26 bits per heavy atom. The normalized spacial score (nSPS) is 21.1. The second kappa shape index (κ2) is 5.56. The zero-order chi connectivity index (χ0) is 13.8. The van der Waals surface area contributed by atoms with Crippen LogP contribution in [0.1, 0.15) is 6.42 Å². The maximum absolute atomic E-state index is 12.0. The Hall–Kier alpha value is -2.30. The summed E-state index contributed by atoms with van der Waals surface area (Å²) in [6, 6.07) is 8.80. The number of carbonyl (C=O) groups excluding carboxylic acids is 1. The van der Waals surface area contributed by atoms with E-state index in [9.17, 15) is 9.59 Å². The first-order valence-corrected chi connectivity index (χ1v) is 6.08. The summed E-state index contributed by atoms with van der Waals surface area (Å²) in [5.41, 5.74) is 0.789. The second-order valence-corrected chi connectivity index (χ2v) is 4.52. The van der Waals surface area contributed by atoms with Crippen molar-refractivity contribution in [1.82, 2.24) is 5.32 Å². The molecule has 2 rings (SSSR count). The number of carboxylic acids is 1. The monoisotopic (exact) mass is 260 g/mol. The number of para-hydroxylation sites is 1. The van der Waals surface area contributed by atoms with Crippen molar-refractivity contribution in [2.75, 3.05) is 11.9 Å². The van der Waals surface area contributed by atoms with E-state index in [4.69, 9.17) is 5.11 Å². The van der Waals surface area contributed by atoms with E-state index in [1.807, 2.05) is 30.3 Å². The predicted octanol–water partition coefficient (Wildman–Crippen LogP) is 1.86. The molecule has 2 atom stereocenters. The third kappa shape index (κ3) is 3.13. The van der Waals surface area contributed by atoms with Gasteiger partial charge in [0, 0.05) is 12.7 Å². The number of urea groups is 1. The summed E-state index contributed by atoms with van der Waals surface area (Å²) in [4.78, 5) is 24.3. The topological polar surface area (TPSA) is 69.6 Å². The van der Waals surface area contributed by atoms with Crippen LogP contribution >= 0.6 is 0 Å². The standard InChI is InChI=1S/C14H16N2O3/c1-16(12-5-3-2-4-6-12)14(19)15-11-8-7-10(9-11)13(17)18/h2-8,10-11H,9H2,1H3,(H,15,19)(H,17,18). The Labute approximate surface area is 111 Å². The molecule has 0 heterocycles. The average molecular weight is 260 g/mol. The number of benzene rings is 1. The van der Waals surface area contributed by atoms with Crippen molar-refractivity contribution in [3.63, 3.8) is 0 Å². The summed E-state index contributed by atoms with van der Waals surface area (Å²) >= 11 is 0. The Kier molecular flexibility index (Phi) is 3.85. The minimum absolute atomic E-state index is 0.222. The van der Waals surface area contributed by atoms with Gasteiger partial charge < -0.3 is 10.4 Å². The molecule has 19 heavy (non-hydrogen) atoms. The maximum Gasteiger partial charge on any atom is 0.322 e. The highest BCUT2D eigenvalue weighted by molar-refractivity contribution is 5.91. The lowest BCUT2D eigenvalue weighted by Crippen LogP contribution is -2.42. The lowest BCUT2D eigenvalue weighted by molar-refractivity contribution is -0.140. The lowest BCUT2D eigenvalue weighted by Gasteiger charge is -2.20. The number of rotatable bonds is 3. The van der Waals surface area contributed by atoms with Gasteiger partial charge in [-0.05, 0) is 18.6 Å². The second-order valence-electron chi connectivity index (χ2n) is 4.52. The number of carbonyl (C=O) groups is 2. The van der Waals surface area contributed by atoms with Crippen LogP contribution in [-0.4, -0.2) is 30.2 Å². The van der Waals surface area contributed by atoms with Gasteiger partial charge in [0.15, 0.2) is 0 Å². The fraction of sp³-hybridized carbons (Fsp3) is 0.286. The van der Waals surface area contributed by atoms with Crippen LogP contribution < -0.4 is 10.2 Å². The van der Waals surface area contributed by atoms with Crippen LogP contribution in [0.5, 0.6) is 0 Å². The van der Waals surface area contributed by atoms with Crippen LogP contribution in [0, 0.1) is 5.92 Å². The molecule has 0 spiro atoms. The van der Waals surface area contributed by atoms with Crippen molar-refractivity contribution in [2.24, 2.45) is 5.92 Å². The van der Waals surface area contributed by atoms with Gasteiger partial charge in [-0.2, -0.15) is 0 Å². The van der Waals surface area contributed by atoms with Gasteiger partial charge in [0.25, 0.3) is 0 Å². The molecule has 5 heteroatoms. The van der Waals surface area contributed by atoms with Crippen LogP contribution in [0.2, 0.25) is 0 Å². The molecular weight excluding hydrogens is 244 g/mol. The minimum atomic E-state index is -0.857. The van der Waals surface area contributed by atoms with Crippen molar-refractivity contribution in [1.29, 1.82) is 0 Å². The summed E-state index contributed by atoms with van der Waals surface area (Å²) in [7, 11) is 1.68. The van der Waals surface area contributed by atoms with Gasteiger partial charge in [-0.15, -0.1) is 0 Å². The molecule has 0 fully saturated rings. The molecule has 1 aromatic carbocycles. The third-order valence-corrected chi connectivity index (χ3v) is 3.16. The fourth-order valence-corrected chi connectivity index (χ4v) is 2.01. The Morgan fingerprint density at radius 2 is 1.95 bits per heavy atom. The smallest absolute Gasteiger partial charge is 0.322 e. The molecule has 0 bridgehead atoms. The SMILES string of the molecule is CN(C(=O)NC1C=CC(C(=O)O)C1)c1ccccc1. The quantitative estimate of drug-likeness (QED) is 0.815. The summed E-state index contributed by atoms with van der Waals surface area (Å²) in [6.07, 6.45) is 3.76. The number of hydrogen-bond acceptors (Lipinski definition) is 2. The molecule has 2 unspecified atom stereocenters. The molecule has 1 aromatic rings. The molecule has 1 aliphatic rings. The summed E-state index contributed by atoms with van der Waals surface area (Å²) in [6.45, 7) is 0. The van der Waals surface area contributed by atoms with Gasteiger partial charge in [-0.1, -0.05) is 30.4 Å². The van der Waals surface area contributed by atoms with Gasteiger partial charge in [-0.3, -0.25) is 9.69 Å². The first-order chi connectivity index (χ1) is 9.08. The molecule has 0 radical (unpaired) electrons. The molecule has 1 aliphatic carbocycles. The third-order valence-electron chi connectivity index (χ3n) is 3.16. The van der Waals surface area contributed by atoms with Crippen molar-refractivity contribution in [3.05, 3.63) is 42.5 Å². The highest BCUT2D eigenvalue weighted by atomic mass is 16.4. The summed E-state index contributed by atoms with van der Waals surface area (Å²) in [5, 5.41) is 11.7. The first kappa shape index (κ1) is 13.1. The molecule has 0 saturated carbocycles. The van der Waals surface area contributed by atoms with Crippen molar-refractivity contribution in [2.45, 2.75) is 12.5 Å². The largest absolute Gasteiger partial charge is 0.481 e. The molecule has 100 valence electrons. The number of nitrogens with zero attached hydrogens (tertiary/aromatic N) is 1. The number of amides is 2. The number of nitrogens with one attached hydrogen (secondary N) is 1. The number of carboxylic acid groups (broad SMARTS) is 1. The van der Waals surface area contributed by atoms with Crippen molar-refractivity contribution in [3.8, 4) is 0 Å². The molecule has 2 N–H and O–H groups in total. The number of aliphatic carboxylic acids is 1. The highest BCUT2D eigenvalue weighted by Gasteiger charge is 2.26. The number of anilines is 1. The molecular formula is C14H16N2O3. The van der Waals surface area contributed by atoms with Crippen LogP contribution in [0.15, 0.2) is 42.5 Å². The predicted molar refractivity (Wildman–Crippen MR) is 72.0 cm³/mol. The molecule has 0 aromatic heterocycles. The van der Waals surface area contributed by atoms with Gasteiger partial charge in [0.05, 0.1) is 12.0 Å². The summed E-state index contributed by atoms with van der Waals surface area (Å²) < 4.78 is 0. The van der Waals surface area contributed by atoms with Gasteiger partial charge in [0.1, 0.15) is 0 Å². The summed E-state index contributed by atoms with van der Waals surface area (Å²) in [5.74, 6) is -1.36. The molecule has 0 aliphatic heterocycles. The van der Waals surface area contributed by atoms with E-state index in [0.29, 0.717) is 6.42 Å². The van der Waals surface area contributed by atoms with Crippen LogP contribution in [0.4, 0.5) is 10.5 Å². The lowest BCUT2D eigenvalue weighted by atomic mass is 10.1. The Bertz CT molecular complexity index is 499.